The Kier molecular flexibility index (Phi) is 6.19. The molecule has 0 radical (unpaired) electrons. The lowest BCUT2D eigenvalue weighted by Gasteiger charge is -2.15. The number of hydrogen-bond acceptors (Lipinski definition) is 4. The van der Waals surface area contributed by atoms with Gasteiger partial charge >= 0.3 is 0 Å². The SMILES string of the molecule is CN=C(NCc1csc(-c2ccccc2)n1)NCC(C)c1ccsc1. The van der Waals surface area contributed by atoms with E-state index in [9.17, 15) is 0 Å². The molecule has 3 rings (SSSR count). The van der Waals surface area contributed by atoms with Crippen LogP contribution in [0.1, 0.15) is 24.1 Å². The Morgan fingerprint density at radius 1 is 1.16 bits per heavy atom. The molecule has 0 spiro atoms. The lowest BCUT2D eigenvalue weighted by atomic mass is 10.1. The highest BCUT2D eigenvalue weighted by Crippen LogP contribution is 2.23. The second-order valence-electron chi connectivity index (χ2n) is 5.77. The van der Waals surface area contributed by atoms with Crippen molar-refractivity contribution in [2.24, 2.45) is 4.99 Å². The quantitative estimate of drug-likeness (QED) is 0.501. The first-order valence-corrected chi connectivity index (χ1v) is 10.0. The van der Waals surface area contributed by atoms with Crippen LogP contribution in [0.25, 0.3) is 10.6 Å². The molecule has 25 heavy (non-hydrogen) atoms. The Hall–Kier alpha value is -2.18. The van der Waals surface area contributed by atoms with E-state index in [0.29, 0.717) is 12.5 Å². The van der Waals surface area contributed by atoms with Crippen LogP contribution in [0.15, 0.2) is 57.5 Å². The Balaban J connectivity index is 1.51. The summed E-state index contributed by atoms with van der Waals surface area (Å²) in [4.78, 5) is 8.99. The summed E-state index contributed by atoms with van der Waals surface area (Å²) in [5.74, 6) is 1.25. The molecule has 4 nitrogen and oxygen atoms in total. The van der Waals surface area contributed by atoms with E-state index >= 15 is 0 Å². The normalized spacial score (nSPS) is 12.8. The number of hydrogen-bond donors (Lipinski definition) is 2. The number of nitrogens with one attached hydrogen (secondary N) is 2. The van der Waals surface area contributed by atoms with E-state index in [2.05, 4.69) is 56.9 Å². The van der Waals surface area contributed by atoms with Crippen LogP contribution in [0.4, 0.5) is 0 Å². The third-order valence-electron chi connectivity index (χ3n) is 3.92. The van der Waals surface area contributed by atoms with Crippen LogP contribution in [-0.4, -0.2) is 24.5 Å². The molecule has 1 unspecified atom stereocenters. The predicted molar refractivity (Wildman–Crippen MR) is 108 cm³/mol. The maximum Gasteiger partial charge on any atom is 0.191 e. The van der Waals surface area contributed by atoms with Crippen molar-refractivity contribution in [2.75, 3.05) is 13.6 Å². The predicted octanol–water partition coefficient (Wildman–Crippen LogP) is 4.34. The molecular formula is C19H22N4S2. The van der Waals surface area contributed by atoms with Gasteiger partial charge in [0.05, 0.1) is 12.2 Å². The van der Waals surface area contributed by atoms with Crippen LogP contribution in [0.3, 0.4) is 0 Å². The molecule has 130 valence electrons. The van der Waals surface area contributed by atoms with Crippen molar-refractivity contribution < 1.29 is 0 Å². The van der Waals surface area contributed by atoms with Gasteiger partial charge in [0.25, 0.3) is 0 Å². The van der Waals surface area contributed by atoms with Crippen LogP contribution < -0.4 is 10.6 Å². The summed E-state index contributed by atoms with van der Waals surface area (Å²) in [6, 6.07) is 12.4. The zero-order valence-corrected chi connectivity index (χ0v) is 16.0. The van der Waals surface area contributed by atoms with Crippen molar-refractivity contribution in [3.05, 3.63) is 63.8 Å². The van der Waals surface area contributed by atoms with Gasteiger partial charge in [-0.15, -0.1) is 11.3 Å². The number of benzene rings is 1. The molecule has 3 aromatic rings. The van der Waals surface area contributed by atoms with E-state index in [-0.39, 0.29) is 0 Å². The van der Waals surface area contributed by atoms with E-state index in [1.165, 1.54) is 5.56 Å². The minimum Gasteiger partial charge on any atom is -0.356 e. The number of aromatic nitrogens is 1. The highest BCUT2D eigenvalue weighted by molar-refractivity contribution is 7.13. The zero-order chi connectivity index (χ0) is 17.5. The minimum atomic E-state index is 0.453. The maximum absolute atomic E-state index is 4.70. The van der Waals surface area contributed by atoms with Crippen LogP contribution in [-0.2, 0) is 6.54 Å². The molecule has 2 aromatic heterocycles. The summed E-state index contributed by atoms with van der Waals surface area (Å²) < 4.78 is 0. The molecule has 0 amide bonds. The third kappa shape index (κ3) is 4.90. The van der Waals surface area contributed by atoms with Gasteiger partial charge in [-0.2, -0.15) is 11.3 Å². The molecule has 0 aliphatic heterocycles. The molecule has 1 aromatic carbocycles. The Morgan fingerprint density at radius 2 is 2.00 bits per heavy atom. The average Bonchev–Trinajstić information content (AvgIpc) is 3.34. The molecule has 1 atom stereocenters. The van der Waals surface area contributed by atoms with Crippen molar-refractivity contribution in [3.63, 3.8) is 0 Å². The number of thiazole rings is 1. The van der Waals surface area contributed by atoms with Crippen LogP contribution in [0, 0.1) is 0 Å². The van der Waals surface area contributed by atoms with Gasteiger partial charge in [0.1, 0.15) is 5.01 Å². The van der Waals surface area contributed by atoms with Gasteiger partial charge in [0.2, 0.25) is 0 Å². The highest BCUT2D eigenvalue weighted by atomic mass is 32.1. The van der Waals surface area contributed by atoms with Crippen molar-refractivity contribution >= 4 is 28.6 Å². The number of guanidine groups is 1. The summed E-state index contributed by atoms with van der Waals surface area (Å²) in [6.07, 6.45) is 0. The summed E-state index contributed by atoms with van der Waals surface area (Å²) in [7, 11) is 1.79. The number of nitrogens with zero attached hydrogens (tertiary/aromatic N) is 2. The van der Waals surface area contributed by atoms with Crippen LogP contribution >= 0.6 is 22.7 Å². The first-order chi connectivity index (χ1) is 12.3. The Bertz CT molecular complexity index is 794. The molecule has 2 N–H and O–H groups in total. The van der Waals surface area contributed by atoms with E-state index in [4.69, 9.17) is 4.98 Å². The van der Waals surface area contributed by atoms with E-state index in [1.807, 2.05) is 18.2 Å². The smallest absolute Gasteiger partial charge is 0.191 e. The van der Waals surface area contributed by atoms with Crippen molar-refractivity contribution in [1.29, 1.82) is 0 Å². The molecule has 6 heteroatoms. The molecule has 2 heterocycles. The van der Waals surface area contributed by atoms with Gasteiger partial charge in [-0.3, -0.25) is 4.99 Å². The van der Waals surface area contributed by atoms with Crippen molar-refractivity contribution in [2.45, 2.75) is 19.4 Å². The van der Waals surface area contributed by atoms with Gasteiger partial charge in [0, 0.05) is 24.5 Å². The number of thiophene rings is 1. The minimum absolute atomic E-state index is 0.453. The molecule has 0 aliphatic rings. The van der Waals surface area contributed by atoms with E-state index in [1.54, 1.807) is 29.7 Å². The molecular weight excluding hydrogens is 348 g/mol. The lowest BCUT2D eigenvalue weighted by Crippen LogP contribution is -2.38. The van der Waals surface area contributed by atoms with Crippen molar-refractivity contribution in [3.8, 4) is 10.6 Å². The Labute approximate surface area is 156 Å². The summed E-state index contributed by atoms with van der Waals surface area (Å²) in [5, 5.41) is 14.2. The molecule has 0 saturated carbocycles. The fraction of sp³-hybridized carbons (Fsp3) is 0.263. The summed E-state index contributed by atoms with van der Waals surface area (Å²) in [5.41, 5.74) is 3.54. The van der Waals surface area contributed by atoms with Gasteiger partial charge in [-0.25, -0.2) is 4.98 Å². The summed E-state index contributed by atoms with van der Waals surface area (Å²) in [6.45, 7) is 3.73. The lowest BCUT2D eigenvalue weighted by molar-refractivity contribution is 0.699. The molecule has 0 bridgehead atoms. The maximum atomic E-state index is 4.70. The fourth-order valence-corrected chi connectivity index (χ4v) is 4.03. The van der Waals surface area contributed by atoms with Crippen molar-refractivity contribution in [1.82, 2.24) is 15.6 Å². The van der Waals surface area contributed by atoms with Gasteiger partial charge in [0.15, 0.2) is 5.96 Å². The number of aliphatic imine (C=N–C) groups is 1. The highest BCUT2D eigenvalue weighted by Gasteiger charge is 2.08. The Morgan fingerprint density at radius 3 is 2.72 bits per heavy atom. The first kappa shape index (κ1) is 17.6. The fourth-order valence-electron chi connectivity index (χ4n) is 2.42. The van der Waals surface area contributed by atoms with Crippen LogP contribution in [0.2, 0.25) is 0 Å². The van der Waals surface area contributed by atoms with E-state index < -0.39 is 0 Å². The van der Waals surface area contributed by atoms with Gasteiger partial charge in [-0.1, -0.05) is 37.3 Å². The second-order valence-corrected chi connectivity index (χ2v) is 7.41. The van der Waals surface area contributed by atoms with Crippen LogP contribution in [0.5, 0.6) is 0 Å². The van der Waals surface area contributed by atoms with E-state index in [0.717, 1.165) is 28.8 Å². The first-order valence-electron chi connectivity index (χ1n) is 8.22. The zero-order valence-electron chi connectivity index (χ0n) is 14.4. The third-order valence-corrected chi connectivity index (χ3v) is 5.56. The standard InChI is InChI=1S/C19H22N4S2/c1-14(16-8-9-24-12-16)10-21-19(20-2)22-11-17-13-25-18(23-17)15-6-4-3-5-7-15/h3-9,12-14H,10-11H2,1-2H3,(H2,20,21,22). The molecule has 0 saturated heterocycles. The van der Waals surface area contributed by atoms with Gasteiger partial charge in [-0.05, 0) is 28.3 Å². The topological polar surface area (TPSA) is 49.3 Å². The molecule has 0 fully saturated rings. The van der Waals surface area contributed by atoms with Gasteiger partial charge < -0.3 is 10.6 Å². The summed E-state index contributed by atoms with van der Waals surface area (Å²) >= 11 is 3.40. The second kappa shape index (κ2) is 8.78. The largest absolute Gasteiger partial charge is 0.356 e. The number of rotatable bonds is 6. The molecule has 0 aliphatic carbocycles. The monoisotopic (exact) mass is 370 g/mol. The average molecular weight is 371 g/mol.